The third-order valence-corrected chi connectivity index (χ3v) is 3.21. The molecule has 4 nitrogen and oxygen atoms in total. The van der Waals surface area contributed by atoms with Gasteiger partial charge in [0.25, 0.3) is 5.91 Å². The summed E-state index contributed by atoms with van der Waals surface area (Å²) in [7, 11) is 0. The lowest BCUT2D eigenvalue weighted by Crippen LogP contribution is -2.11. The standard InChI is InChI=1S/C17H15N3O/c1-12-4-2-6-14(10-12)17(21)19-15-7-3-5-13(11-15)16-8-9-18-20-16/h2-11H,1H3,(H,18,20)(H,19,21). The van der Waals surface area contributed by atoms with Crippen LogP contribution in [0, 0.1) is 6.92 Å². The minimum atomic E-state index is -0.111. The topological polar surface area (TPSA) is 57.8 Å². The lowest BCUT2D eigenvalue weighted by molar-refractivity contribution is 0.102. The summed E-state index contributed by atoms with van der Waals surface area (Å²) in [6.07, 6.45) is 1.70. The van der Waals surface area contributed by atoms with Crippen LogP contribution in [0.15, 0.2) is 60.8 Å². The quantitative estimate of drug-likeness (QED) is 0.768. The number of amides is 1. The van der Waals surface area contributed by atoms with Crippen LogP contribution in [0.1, 0.15) is 15.9 Å². The zero-order valence-corrected chi connectivity index (χ0v) is 11.6. The second-order valence-corrected chi connectivity index (χ2v) is 4.87. The number of hydrogen-bond donors (Lipinski definition) is 2. The molecular weight excluding hydrogens is 262 g/mol. The number of nitrogens with zero attached hydrogens (tertiary/aromatic N) is 1. The average Bonchev–Trinajstić information content (AvgIpc) is 3.02. The van der Waals surface area contributed by atoms with Gasteiger partial charge in [-0.25, -0.2) is 0 Å². The summed E-state index contributed by atoms with van der Waals surface area (Å²) in [6, 6.07) is 17.1. The fraction of sp³-hybridized carbons (Fsp3) is 0.0588. The fourth-order valence-electron chi connectivity index (χ4n) is 2.17. The zero-order valence-electron chi connectivity index (χ0n) is 11.6. The summed E-state index contributed by atoms with van der Waals surface area (Å²) in [5.74, 6) is -0.111. The Morgan fingerprint density at radius 2 is 1.95 bits per heavy atom. The van der Waals surface area contributed by atoms with Crippen molar-refractivity contribution in [2.24, 2.45) is 0 Å². The van der Waals surface area contributed by atoms with Crippen LogP contribution in [0.2, 0.25) is 0 Å². The molecule has 0 radical (unpaired) electrons. The van der Waals surface area contributed by atoms with E-state index < -0.39 is 0 Å². The number of aromatic nitrogens is 2. The molecule has 3 aromatic rings. The molecule has 0 unspecified atom stereocenters. The van der Waals surface area contributed by atoms with Gasteiger partial charge in [-0.2, -0.15) is 5.10 Å². The van der Waals surface area contributed by atoms with Gasteiger partial charge in [-0.3, -0.25) is 9.89 Å². The smallest absolute Gasteiger partial charge is 0.255 e. The molecule has 0 atom stereocenters. The van der Waals surface area contributed by atoms with Gasteiger partial charge < -0.3 is 5.32 Å². The molecule has 21 heavy (non-hydrogen) atoms. The summed E-state index contributed by atoms with van der Waals surface area (Å²) in [5, 5.41) is 9.76. The molecule has 1 heterocycles. The number of carbonyl (C=O) groups is 1. The van der Waals surface area contributed by atoms with Crippen molar-refractivity contribution in [3.05, 3.63) is 71.9 Å². The van der Waals surface area contributed by atoms with Gasteiger partial charge >= 0.3 is 0 Å². The second kappa shape index (κ2) is 5.63. The average molecular weight is 277 g/mol. The van der Waals surface area contributed by atoms with Gasteiger partial charge in [-0.1, -0.05) is 29.8 Å². The van der Waals surface area contributed by atoms with Crippen molar-refractivity contribution in [2.75, 3.05) is 5.32 Å². The van der Waals surface area contributed by atoms with E-state index in [4.69, 9.17) is 0 Å². The molecule has 0 aliphatic carbocycles. The minimum Gasteiger partial charge on any atom is -0.322 e. The van der Waals surface area contributed by atoms with Gasteiger partial charge in [0.1, 0.15) is 0 Å². The molecule has 0 fully saturated rings. The Morgan fingerprint density at radius 1 is 1.10 bits per heavy atom. The Hall–Kier alpha value is -2.88. The number of hydrogen-bond acceptors (Lipinski definition) is 2. The van der Waals surface area contributed by atoms with Crippen LogP contribution in [0.4, 0.5) is 5.69 Å². The molecule has 0 aliphatic rings. The fourth-order valence-corrected chi connectivity index (χ4v) is 2.17. The largest absolute Gasteiger partial charge is 0.322 e. The summed E-state index contributed by atoms with van der Waals surface area (Å²) in [6.45, 7) is 1.97. The highest BCUT2D eigenvalue weighted by Crippen LogP contribution is 2.20. The number of aromatic amines is 1. The zero-order chi connectivity index (χ0) is 14.7. The van der Waals surface area contributed by atoms with Crippen LogP contribution in [-0.4, -0.2) is 16.1 Å². The second-order valence-electron chi connectivity index (χ2n) is 4.87. The van der Waals surface area contributed by atoms with Crippen LogP contribution in [0.5, 0.6) is 0 Å². The van der Waals surface area contributed by atoms with Gasteiger partial charge in [0.2, 0.25) is 0 Å². The van der Waals surface area contributed by atoms with Crippen LogP contribution >= 0.6 is 0 Å². The van der Waals surface area contributed by atoms with Crippen molar-refractivity contribution in [1.29, 1.82) is 0 Å². The third-order valence-electron chi connectivity index (χ3n) is 3.21. The lowest BCUT2D eigenvalue weighted by Gasteiger charge is -2.07. The van der Waals surface area contributed by atoms with Gasteiger partial charge in [-0.15, -0.1) is 0 Å². The van der Waals surface area contributed by atoms with E-state index in [1.807, 2.05) is 55.5 Å². The molecule has 2 N–H and O–H groups in total. The lowest BCUT2D eigenvalue weighted by atomic mass is 10.1. The maximum atomic E-state index is 12.2. The van der Waals surface area contributed by atoms with E-state index in [0.29, 0.717) is 5.56 Å². The highest BCUT2D eigenvalue weighted by molar-refractivity contribution is 6.04. The van der Waals surface area contributed by atoms with Crippen molar-refractivity contribution in [3.63, 3.8) is 0 Å². The number of benzene rings is 2. The summed E-state index contributed by atoms with van der Waals surface area (Å²) in [4.78, 5) is 12.2. The predicted octanol–water partition coefficient (Wildman–Crippen LogP) is 3.64. The Morgan fingerprint density at radius 3 is 2.71 bits per heavy atom. The van der Waals surface area contributed by atoms with E-state index in [1.165, 1.54) is 0 Å². The molecule has 0 saturated heterocycles. The number of rotatable bonds is 3. The van der Waals surface area contributed by atoms with Crippen molar-refractivity contribution in [1.82, 2.24) is 10.2 Å². The number of carbonyl (C=O) groups excluding carboxylic acids is 1. The van der Waals surface area contributed by atoms with Gasteiger partial charge in [0.05, 0.1) is 5.69 Å². The Balaban J connectivity index is 1.82. The first-order valence-electron chi connectivity index (χ1n) is 6.70. The molecule has 104 valence electrons. The first kappa shape index (κ1) is 13.1. The van der Waals surface area contributed by atoms with Crippen LogP contribution in [0.25, 0.3) is 11.3 Å². The molecule has 2 aromatic carbocycles. The van der Waals surface area contributed by atoms with E-state index in [1.54, 1.807) is 12.3 Å². The maximum absolute atomic E-state index is 12.2. The Labute approximate surface area is 122 Å². The number of anilines is 1. The Bertz CT molecular complexity index is 763. The molecule has 1 aromatic heterocycles. The van der Waals surface area contributed by atoms with Crippen molar-refractivity contribution < 1.29 is 4.79 Å². The Kier molecular flexibility index (Phi) is 3.51. The van der Waals surface area contributed by atoms with E-state index in [2.05, 4.69) is 15.5 Å². The monoisotopic (exact) mass is 277 g/mol. The van der Waals surface area contributed by atoms with Crippen LogP contribution in [-0.2, 0) is 0 Å². The SMILES string of the molecule is Cc1cccc(C(=O)Nc2cccc(-c3ccn[nH]3)c2)c1. The van der Waals surface area contributed by atoms with Gasteiger partial charge in [0, 0.05) is 23.0 Å². The van der Waals surface area contributed by atoms with E-state index in [-0.39, 0.29) is 5.91 Å². The van der Waals surface area contributed by atoms with Crippen molar-refractivity contribution in [3.8, 4) is 11.3 Å². The first-order valence-corrected chi connectivity index (χ1v) is 6.70. The normalized spacial score (nSPS) is 10.3. The molecular formula is C17H15N3O. The van der Waals surface area contributed by atoms with Crippen molar-refractivity contribution >= 4 is 11.6 Å². The van der Waals surface area contributed by atoms with E-state index in [9.17, 15) is 4.79 Å². The molecule has 0 bridgehead atoms. The summed E-state index contributed by atoms with van der Waals surface area (Å²) < 4.78 is 0. The van der Waals surface area contributed by atoms with E-state index in [0.717, 1.165) is 22.5 Å². The number of H-pyrrole nitrogens is 1. The highest BCUT2D eigenvalue weighted by Gasteiger charge is 2.07. The molecule has 3 rings (SSSR count). The highest BCUT2D eigenvalue weighted by atomic mass is 16.1. The first-order chi connectivity index (χ1) is 10.2. The number of nitrogens with one attached hydrogen (secondary N) is 2. The molecule has 0 aliphatic heterocycles. The third kappa shape index (κ3) is 3.00. The molecule has 0 spiro atoms. The van der Waals surface area contributed by atoms with E-state index >= 15 is 0 Å². The maximum Gasteiger partial charge on any atom is 0.255 e. The van der Waals surface area contributed by atoms with Crippen LogP contribution in [0.3, 0.4) is 0 Å². The minimum absolute atomic E-state index is 0.111. The molecule has 0 saturated carbocycles. The van der Waals surface area contributed by atoms with Crippen molar-refractivity contribution in [2.45, 2.75) is 6.92 Å². The van der Waals surface area contributed by atoms with Gasteiger partial charge in [-0.05, 0) is 37.3 Å². The molecule has 1 amide bonds. The summed E-state index contributed by atoms with van der Waals surface area (Å²) >= 11 is 0. The van der Waals surface area contributed by atoms with Gasteiger partial charge in [0.15, 0.2) is 0 Å². The predicted molar refractivity (Wildman–Crippen MR) is 83.2 cm³/mol. The van der Waals surface area contributed by atoms with Crippen LogP contribution < -0.4 is 5.32 Å². The number of aryl methyl sites for hydroxylation is 1. The molecule has 4 heteroatoms. The summed E-state index contributed by atoms with van der Waals surface area (Å²) in [5.41, 5.74) is 4.38.